The summed E-state index contributed by atoms with van der Waals surface area (Å²) in [5.41, 5.74) is 2.48. The number of hydrogen-bond acceptors (Lipinski definition) is 3. The number of methoxy groups -OCH3 is 1. The first-order valence-electron chi connectivity index (χ1n) is 6.05. The lowest BCUT2D eigenvalue weighted by Crippen LogP contribution is -2.02. The highest BCUT2D eigenvalue weighted by atomic mass is 79.9. The fraction of sp³-hybridized carbons (Fsp3) is 0.750. The standard InChI is InChI=1S/C12H21BrN2OS/c1-4-10-12(13)11(15(5-2)14-10)9-17-8-6-7-16-3/h4-9H2,1-3H3. The van der Waals surface area contributed by atoms with E-state index >= 15 is 0 Å². The molecule has 0 amide bonds. The number of thioether (sulfide) groups is 1. The average molecular weight is 321 g/mol. The van der Waals surface area contributed by atoms with Gasteiger partial charge in [0.25, 0.3) is 0 Å². The Morgan fingerprint density at radius 2 is 2.18 bits per heavy atom. The highest BCUT2D eigenvalue weighted by Gasteiger charge is 2.13. The summed E-state index contributed by atoms with van der Waals surface area (Å²) in [4.78, 5) is 0. The Hall–Kier alpha value is -0.0000000000000000555. The molecule has 98 valence electrons. The van der Waals surface area contributed by atoms with Gasteiger partial charge in [0.1, 0.15) is 0 Å². The van der Waals surface area contributed by atoms with E-state index < -0.39 is 0 Å². The molecule has 0 aliphatic rings. The molecule has 0 atom stereocenters. The second-order valence-corrected chi connectivity index (χ2v) is 5.67. The number of rotatable bonds is 8. The molecule has 0 saturated carbocycles. The van der Waals surface area contributed by atoms with Crippen LogP contribution in [0.4, 0.5) is 0 Å². The SMILES string of the molecule is CCc1nn(CC)c(CSCCCOC)c1Br. The lowest BCUT2D eigenvalue weighted by molar-refractivity contribution is 0.200. The van der Waals surface area contributed by atoms with Crippen molar-refractivity contribution >= 4 is 27.7 Å². The molecule has 1 aromatic rings. The predicted octanol–water partition coefficient (Wildman–Crippen LogP) is 3.50. The maximum absolute atomic E-state index is 5.04. The van der Waals surface area contributed by atoms with Gasteiger partial charge < -0.3 is 4.74 Å². The van der Waals surface area contributed by atoms with Gasteiger partial charge in [-0.2, -0.15) is 16.9 Å². The summed E-state index contributed by atoms with van der Waals surface area (Å²) in [6.45, 7) is 6.06. The second kappa shape index (κ2) is 8.16. The van der Waals surface area contributed by atoms with Crippen molar-refractivity contribution in [3.05, 3.63) is 15.9 Å². The molecule has 0 spiro atoms. The minimum atomic E-state index is 0.849. The largest absolute Gasteiger partial charge is 0.385 e. The van der Waals surface area contributed by atoms with E-state index in [1.54, 1.807) is 7.11 Å². The molecule has 0 bridgehead atoms. The molecule has 0 aliphatic carbocycles. The average Bonchev–Trinajstić information content (AvgIpc) is 2.65. The van der Waals surface area contributed by atoms with Gasteiger partial charge in [-0.15, -0.1) is 0 Å². The lowest BCUT2D eigenvalue weighted by atomic mass is 10.3. The van der Waals surface area contributed by atoms with Gasteiger partial charge in [-0.1, -0.05) is 6.92 Å². The fourth-order valence-electron chi connectivity index (χ4n) is 1.63. The molecule has 5 heteroatoms. The summed E-state index contributed by atoms with van der Waals surface area (Å²) >= 11 is 5.61. The molecule has 1 rings (SSSR count). The topological polar surface area (TPSA) is 27.1 Å². The van der Waals surface area contributed by atoms with Crippen molar-refractivity contribution in [3.8, 4) is 0 Å². The molecule has 0 N–H and O–H groups in total. The highest BCUT2D eigenvalue weighted by molar-refractivity contribution is 9.10. The van der Waals surface area contributed by atoms with Gasteiger partial charge >= 0.3 is 0 Å². The normalized spacial score (nSPS) is 11.1. The van der Waals surface area contributed by atoms with Crippen molar-refractivity contribution in [1.29, 1.82) is 0 Å². The molecular weight excluding hydrogens is 300 g/mol. The molecule has 3 nitrogen and oxygen atoms in total. The second-order valence-electron chi connectivity index (χ2n) is 3.78. The Bertz CT molecular complexity index is 341. The van der Waals surface area contributed by atoms with Crippen molar-refractivity contribution in [2.24, 2.45) is 0 Å². The van der Waals surface area contributed by atoms with Crippen LogP contribution in [0.5, 0.6) is 0 Å². The van der Waals surface area contributed by atoms with Gasteiger partial charge in [-0.25, -0.2) is 0 Å². The number of aryl methyl sites for hydroxylation is 2. The van der Waals surface area contributed by atoms with Crippen LogP contribution in [0.3, 0.4) is 0 Å². The fourth-order valence-corrected chi connectivity index (χ4v) is 3.47. The quantitative estimate of drug-likeness (QED) is 0.686. The van der Waals surface area contributed by atoms with Crippen LogP contribution in [-0.2, 0) is 23.5 Å². The molecule has 17 heavy (non-hydrogen) atoms. The van der Waals surface area contributed by atoms with Gasteiger partial charge in [0, 0.05) is 26.0 Å². The van der Waals surface area contributed by atoms with Crippen LogP contribution < -0.4 is 0 Å². The summed E-state index contributed by atoms with van der Waals surface area (Å²) < 4.78 is 8.34. The highest BCUT2D eigenvalue weighted by Crippen LogP contribution is 2.26. The molecule has 0 saturated heterocycles. The van der Waals surface area contributed by atoms with Gasteiger partial charge in [-0.3, -0.25) is 4.68 Å². The zero-order valence-corrected chi connectivity index (χ0v) is 13.2. The first-order chi connectivity index (χ1) is 8.24. The minimum absolute atomic E-state index is 0.849. The monoisotopic (exact) mass is 320 g/mol. The van der Waals surface area contributed by atoms with Gasteiger partial charge in [0.05, 0.1) is 15.9 Å². The van der Waals surface area contributed by atoms with E-state index in [0.717, 1.165) is 37.5 Å². The number of ether oxygens (including phenoxy) is 1. The van der Waals surface area contributed by atoms with Crippen LogP contribution in [0.25, 0.3) is 0 Å². The number of hydrogen-bond donors (Lipinski definition) is 0. The molecule has 0 aromatic carbocycles. The summed E-state index contributed by atoms with van der Waals surface area (Å²) in [5, 5.41) is 4.59. The molecule has 1 heterocycles. The van der Waals surface area contributed by atoms with E-state index in [1.165, 1.54) is 15.9 Å². The molecule has 0 unspecified atom stereocenters. The Labute approximate surface area is 116 Å². The Morgan fingerprint density at radius 3 is 2.76 bits per heavy atom. The Balaban J connectivity index is 2.54. The first-order valence-corrected chi connectivity index (χ1v) is 8.00. The number of halogens is 1. The molecule has 1 aromatic heterocycles. The summed E-state index contributed by atoms with van der Waals surface area (Å²) in [7, 11) is 1.75. The van der Waals surface area contributed by atoms with E-state index in [4.69, 9.17) is 4.74 Å². The molecular formula is C12H21BrN2OS. The maximum atomic E-state index is 5.04. The van der Waals surface area contributed by atoms with E-state index in [2.05, 4.69) is 39.6 Å². The third-order valence-corrected chi connectivity index (χ3v) is 4.54. The van der Waals surface area contributed by atoms with Crippen LogP contribution in [-0.4, -0.2) is 29.3 Å². The van der Waals surface area contributed by atoms with Crippen molar-refractivity contribution in [2.75, 3.05) is 19.5 Å². The zero-order chi connectivity index (χ0) is 12.7. The van der Waals surface area contributed by atoms with Crippen LogP contribution in [0, 0.1) is 0 Å². The number of nitrogens with zero attached hydrogens (tertiary/aromatic N) is 2. The first kappa shape index (κ1) is 15.1. The molecule has 0 aliphatic heterocycles. The zero-order valence-electron chi connectivity index (χ0n) is 10.8. The lowest BCUT2D eigenvalue weighted by Gasteiger charge is -2.05. The van der Waals surface area contributed by atoms with E-state index in [0.29, 0.717) is 0 Å². The van der Waals surface area contributed by atoms with Crippen molar-refractivity contribution in [3.63, 3.8) is 0 Å². The molecule has 0 radical (unpaired) electrons. The van der Waals surface area contributed by atoms with Crippen LogP contribution >= 0.6 is 27.7 Å². The van der Waals surface area contributed by atoms with Crippen molar-refractivity contribution in [2.45, 2.75) is 39.0 Å². The minimum Gasteiger partial charge on any atom is -0.385 e. The van der Waals surface area contributed by atoms with Gasteiger partial charge in [0.2, 0.25) is 0 Å². The van der Waals surface area contributed by atoms with Crippen LogP contribution in [0.2, 0.25) is 0 Å². The van der Waals surface area contributed by atoms with Crippen molar-refractivity contribution in [1.82, 2.24) is 9.78 Å². The van der Waals surface area contributed by atoms with Crippen LogP contribution in [0.15, 0.2) is 4.47 Å². The van der Waals surface area contributed by atoms with Gasteiger partial charge in [0.15, 0.2) is 0 Å². The maximum Gasteiger partial charge on any atom is 0.0767 e. The van der Waals surface area contributed by atoms with Gasteiger partial charge in [-0.05, 0) is 41.4 Å². The third-order valence-electron chi connectivity index (χ3n) is 2.57. The summed E-state index contributed by atoms with van der Waals surface area (Å²) in [5.74, 6) is 2.15. The summed E-state index contributed by atoms with van der Waals surface area (Å²) in [6, 6.07) is 0. The van der Waals surface area contributed by atoms with Crippen molar-refractivity contribution < 1.29 is 4.74 Å². The van der Waals surface area contributed by atoms with E-state index in [-0.39, 0.29) is 0 Å². The summed E-state index contributed by atoms with van der Waals surface area (Å²) in [6.07, 6.45) is 2.09. The number of aromatic nitrogens is 2. The van der Waals surface area contributed by atoms with E-state index in [1.807, 2.05) is 11.8 Å². The predicted molar refractivity (Wildman–Crippen MR) is 77.6 cm³/mol. The Morgan fingerprint density at radius 1 is 1.41 bits per heavy atom. The third kappa shape index (κ3) is 4.30. The van der Waals surface area contributed by atoms with Crippen LogP contribution in [0.1, 0.15) is 31.7 Å². The van der Waals surface area contributed by atoms with E-state index in [9.17, 15) is 0 Å². The Kier molecular flexibility index (Phi) is 7.23. The smallest absolute Gasteiger partial charge is 0.0767 e. The molecule has 0 fully saturated rings.